The number of carbonyl (C=O) groups is 1. The zero-order valence-corrected chi connectivity index (χ0v) is 9.60. The van der Waals surface area contributed by atoms with Crippen molar-refractivity contribution in [3.63, 3.8) is 0 Å². The topological polar surface area (TPSA) is 64.4 Å². The van der Waals surface area contributed by atoms with Crippen LogP contribution in [0, 0.1) is 0 Å². The van der Waals surface area contributed by atoms with E-state index in [1.165, 1.54) is 13.5 Å². The fourth-order valence-electron chi connectivity index (χ4n) is 1.55. The number of nitrogens with one attached hydrogen (secondary N) is 1. The van der Waals surface area contributed by atoms with Crippen molar-refractivity contribution < 1.29 is 13.9 Å². The Morgan fingerprint density at radius 3 is 3.24 bits per heavy atom. The van der Waals surface area contributed by atoms with Gasteiger partial charge in [0.15, 0.2) is 12.0 Å². The molecule has 0 saturated carbocycles. The van der Waals surface area contributed by atoms with Gasteiger partial charge in [-0.3, -0.25) is 4.79 Å². The molecule has 0 bridgehead atoms. The van der Waals surface area contributed by atoms with E-state index in [1.807, 2.05) is 18.2 Å². The molecule has 0 aliphatic heterocycles. The van der Waals surface area contributed by atoms with Gasteiger partial charge in [0.2, 0.25) is 0 Å². The van der Waals surface area contributed by atoms with E-state index >= 15 is 0 Å². The number of benzene rings is 1. The minimum Gasteiger partial charge on any atom is -0.468 e. The highest BCUT2D eigenvalue weighted by Gasteiger charge is 2.01. The van der Waals surface area contributed by atoms with Crippen LogP contribution < -0.4 is 5.32 Å². The van der Waals surface area contributed by atoms with Crippen molar-refractivity contribution in [1.29, 1.82) is 0 Å². The van der Waals surface area contributed by atoms with Crippen molar-refractivity contribution in [2.24, 2.45) is 0 Å². The Bertz CT molecular complexity index is 507. The average molecular weight is 234 g/mol. The van der Waals surface area contributed by atoms with E-state index in [0.717, 1.165) is 29.6 Å². The smallest absolute Gasteiger partial charge is 0.319 e. The van der Waals surface area contributed by atoms with Crippen molar-refractivity contribution in [3.05, 3.63) is 30.2 Å². The molecule has 1 aromatic carbocycles. The number of hydrogen-bond acceptors (Lipinski definition) is 5. The van der Waals surface area contributed by atoms with Gasteiger partial charge < -0.3 is 14.5 Å². The van der Waals surface area contributed by atoms with E-state index in [1.54, 1.807) is 0 Å². The Morgan fingerprint density at radius 1 is 1.53 bits per heavy atom. The Hall–Kier alpha value is -1.88. The standard InChI is InChI=1S/C12H14N2O3/c1-16-12(15)7-13-5-4-9-2-3-10-11(6-9)17-8-14-10/h2-3,6,8,13H,4-5,7H2,1H3. The first-order valence-electron chi connectivity index (χ1n) is 5.39. The second-order valence-electron chi connectivity index (χ2n) is 3.66. The van der Waals surface area contributed by atoms with E-state index in [-0.39, 0.29) is 12.5 Å². The molecule has 2 rings (SSSR count). The maximum atomic E-state index is 10.9. The van der Waals surface area contributed by atoms with Crippen LogP contribution in [0.2, 0.25) is 0 Å². The molecule has 1 N–H and O–H groups in total. The van der Waals surface area contributed by atoms with Gasteiger partial charge in [0.05, 0.1) is 13.7 Å². The van der Waals surface area contributed by atoms with Crippen molar-refractivity contribution in [2.75, 3.05) is 20.2 Å². The van der Waals surface area contributed by atoms with Gasteiger partial charge in [-0.05, 0) is 30.7 Å². The molecule has 0 aliphatic carbocycles. The molecule has 5 heteroatoms. The summed E-state index contributed by atoms with van der Waals surface area (Å²) in [5.74, 6) is -0.254. The number of methoxy groups -OCH3 is 1. The molecule has 0 spiro atoms. The van der Waals surface area contributed by atoms with E-state index in [0.29, 0.717) is 0 Å². The normalized spacial score (nSPS) is 10.6. The first-order chi connectivity index (χ1) is 8.29. The van der Waals surface area contributed by atoms with Crippen LogP contribution in [0.1, 0.15) is 5.56 Å². The molecule has 0 atom stereocenters. The molecule has 0 aliphatic rings. The lowest BCUT2D eigenvalue weighted by Gasteiger charge is -2.03. The fourth-order valence-corrected chi connectivity index (χ4v) is 1.55. The molecule has 17 heavy (non-hydrogen) atoms. The first kappa shape index (κ1) is 11.6. The van der Waals surface area contributed by atoms with Gasteiger partial charge in [-0.15, -0.1) is 0 Å². The number of rotatable bonds is 5. The summed E-state index contributed by atoms with van der Waals surface area (Å²) in [5.41, 5.74) is 2.79. The van der Waals surface area contributed by atoms with Gasteiger partial charge in [0, 0.05) is 0 Å². The zero-order chi connectivity index (χ0) is 12.1. The number of nitrogens with zero attached hydrogens (tertiary/aromatic N) is 1. The van der Waals surface area contributed by atoms with Crippen LogP contribution in [0.5, 0.6) is 0 Å². The number of aromatic nitrogens is 1. The zero-order valence-electron chi connectivity index (χ0n) is 9.60. The lowest BCUT2D eigenvalue weighted by molar-refractivity contribution is -0.139. The Balaban J connectivity index is 1.84. The summed E-state index contributed by atoms with van der Waals surface area (Å²) >= 11 is 0. The SMILES string of the molecule is COC(=O)CNCCc1ccc2ncoc2c1. The van der Waals surface area contributed by atoms with E-state index < -0.39 is 0 Å². The van der Waals surface area contributed by atoms with E-state index in [4.69, 9.17) is 4.42 Å². The molecule has 0 unspecified atom stereocenters. The largest absolute Gasteiger partial charge is 0.468 e. The molecule has 0 saturated heterocycles. The van der Waals surface area contributed by atoms with Gasteiger partial charge in [0.1, 0.15) is 5.52 Å². The minimum absolute atomic E-state index is 0.237. The Kier molecular flexibility index (Phi) is 3.72. The lowest BCUT2D eigenvalue weighted by atomic mass is 10.1. The minimum atomic E-state index is -0.254. The predicted molar refractivity (Wildman–Crippen MR) is 62.6 cm³/mol. The monoisotopic (exact) mass is 234 g/mol. The third kappa shape index (κ3) is 3.04. The average Bonchev–Trinajstić information content (AvgIpc) is 2.81. The summed E-state index contributed by atoms with van der Waals surface area (Å²) in [7, 11) is 1.38. The molecule has 0 radical (unpaired) electrons. The summed E-state index contributed by atoms with van der Waals surface area (Å²) in [6.45, 7) is 0.954. The van der Waals surface area contributed by atoms with Crippen molar-refractivity contribution in [1.82, 2.24) is 10.3 Å². The molecule has 1 aromatic heterocycles. The molecule has 0 fully saturated rings. The molecule has 0 amide bonds. The van der Waals surface area contributed by atoms with E-state index in [2.05, 4.69) is 15.0 Å². The summed E-state index contributed by atoms with van der Waals surface area (Å²) in [4.78, 5) is 14.9. The highest BCUT2D eigenvalue weighted by atomic mass is 16.5. The molecular weight excluding hydrogens is 220 g/mol. The highest BCUT2D eigenvalue weighted by molar-refractivity contribution is 5.72. The van der Waals surface area contributed by atoms with Crippen LogP contribution in [0.25, 0.3) is 11.1 Å². The Morgan fingerprint density at radius 2 is 2.41 bits per heavy atom. The first-order valence-corrected chi connectivity index (χ1v) is 5.39. The summed E-state index contributed by atoms with van der Waals surface area (Å²) in [5, 5.41) is 3.01. The van der Waals surface area contributed by atoms with Crippen molar-refractivity contribution >= 4 is 17.1 Å². The van der Waals surface area contributed by atoms with Crippen LogP contribution in [0.4, 0.5) is 0 Å². The quantitative estimate of drug-likeness (QED) is 0.620. The van der Waals surface area contributed by atoms with Gasteiger partial charge in [-0.25, -0.2) is 4.98 Å². The molecular formula is C12H14N2O3. The van der Waals surface area contributed by atoms with E-state index in [9.17, 15) is 4.79 Å². The summed E-state index contributed by atoms with van der Waals surface area (Å²) < 4.78 is 9.74. The van der Waals surface area contributed by atoms with Crippen molar-refractivity contribution in [3.8, 4) is 0 Å². The molecule has 2 aromatic rings. The second kappa shape index (κ2) is 5.45. The Labute approximate surface area is 98.8 Å². The fraction of sp³-hybridized carbons (Fsp3) is 0.333. The van der Waals surface area contributed by atoms with Crippen LogP contribution >= 0.6 is 0 Å². The number of ether oxygens (including phenoxy) is 1. The summed E-state index contributed by atoms with van der Waals surface area (Å²) in [6, 6.07) is 5.89. The predicted octanol–water partition coefficient (Wildman–Crippen LogP) is 1.13. The number of esters is 1. The van der Waals surface area contributed by atoms with Gasteiger partial charge in [0.25, 0.3) is 0 Å². The number of carbonyl (C=O) groups excluding carboxylic acids is 1. The lowest BCUT2D eigenvalue weighted by Crippen LogP contribution is -2.25. The van der Waals surface area contributed by atoms with Gasteiger partial charge in [-0.1, -0.05) is 6.07 Å². The molecule has 1 heterocycles. The maximum absolute atomic E-state index is 10.9. The number of hydrogen-bond donors (Lipinski definition) is 1. The third-order valence-corrected chi connectivity index (χ3v) is 2.48. The highest BCUT2D eigenvalue weighted by Crippen LogP contribution is 2.14. The van der Waals surface area contributed by atoms with Crippen LogP contribution in [0.15, 0.2) is 29.0 Å². The number of oxazole rings is 1. The second-order valence-corrected chi connectivity index (χ2v) is 3.66. The maximum Gasteiger partial charge on any atom is 0.319 e. The van der Waals surface area contributed by atoms with Gasteiger partial charge >= 0.3 is 5.97 Å². The van der Waals surface area contributed by atoms with Gasteiger partial charge in [-0.2, -0.15) is 0 Å². The number of fused-ring (bicyclic) bond motifs is 1. The van der Waals surface area contributed by atoms with Crippen molar-refractivity contribution in [2.45, 2.75) is 6.42 Å². The van der Waals surface area contributed by atoms with Crippen LogP contribution in [-0.4, -0.2) is 31.2 Å². The molecule has 90 valence electrons. The summed E-state index contributed by atoms with van der Waals surface area (Å²) in [6.07, 6.45) is 2.26. The van der Waals surface area contributed by atoms with Crippen LogP contribution in [-0.2, 0) is 16.0 Å². The molecule has 5 nitrogen and oxygen atoms in total. The third-order valence-electron chi connectivity index (χ3n) is 2.48. The van der Waals surface area contributed by atoms with Crippen LogP contribution in [0.3, 0.4) is 0 Å².